The van der Waals surface area contributed by atoms with Crippen LogP contribution in [0.15, 0.2) is 57.9 Å². The number of thioether (sulfide) groups is 1. The Morgan fingerprint density at radius 3 is 2.83 bits per heavy atom. The average Bonchev–Trinajstić information content (AvgIpc) is 2.53. The third-order valence-corrected chi connectivity index (χ3v) is 5.60. The second-order valence-electron chi connectivity index (χ2n) is 5.31. The lowest BCUT2D eigenvalue weighted by atomic mass is 10.1. The number of anilines is 2. The van der Waals surface area contributed by atoms with Crippen LogP contribution in [0.4, 0.5) is 11.4 Å². The molecule has 118 valence electrons. The van der Waals surface area contributed by atoms with Crippen molar-refractivity contribution in [2.75, 3.05) is 10.6 Å². The van der Waals surface area contributed by atoms with Gasteiger partial charge in [0.2, 0.25) is 11.8 Å². The molecule has 0 bridgehead atoms. The van der Waals surface area contributed by atoms with Gasteiger partial charge < -0.3 is 10.6 Å². The molecule has 2 aromatic rings. The summed E-state index contributed by atoms with van der Waals surface area (Å²) in [6.07, 6.45) is 0. The summed E-state index contributed by atoms with van der Waals surface area (Å²) >= 11 is 4.81. The van der Waals surface area contributed by atoms with Gasteiger partial charge in [0, 0.05) is 15.1 Å². The van der Waals surface area contributed by atoms with Gasteiger partial charge in [-0.1, -0.05) is 41.1 Å². The first-order valence-electron chi connectivity index (χ1n) is 7.17. The Hall–Kier alpha value is -1.79. The predicted molar refractivity (Wildman–Crippen MR) is 96.7 cm³/mol. The maximum absolute atomic E-state index is 12.5. The highest BCUT2D eigenvalue weighted by Crippen LogP contribution is 2.38. The summed E-state index contributed by atoms with van der Waals surface area (Å²) in [5.74, 6) is -0.756. The second kappa shape index (κ2) is 6.76. The molecule has 6 heteroatoms. The van der Waals surface area contributed by atoms with E-state index in [-0.39, 0.29) is 11.8 Å². The molecule has 2 N–H and O–H groups in total. The smallest absolute Gasteiger partial charge is 0.238 e. The molecule has 1 heterocycles. The van der Waals surface area contributed by atoms with Gasteiger partial charge >= 0.3 is 0 Å². The van der Waals surface area contributed by atoms with E-state index in [0.717, 1.165) is 15.1 Å². The van der Waals surface area contributed by atoms with E-state index in [1.54, 1.807) is 6.92 Å². The lowest BCUT2D eigenvalue weighted by Gasteiger charge is -2.27. The molecule has 2 unspecified atom stereocenters. The largest absolute Gasteiger partial charge is 0.326 e. The van der Waals surface area contributed by atoms with Crippen LogP contribution in [0, 0.1) is 5.92 Å². The van der Waals surface area contributed by atoms with Gasteiger partial charge in [-0.15, -0.1) is 11.8 Å². The Labute approximate surface area is 147 Å². The van der Waals surface area contributed by atoms with Gasteiger partial charge in [0.15, 0.2) is 0 Å². The van der Waals surface area contributed by atoms with Gasteiger partial charge in [-0.3, -0.25) is 9.59 Å². The van der Waals surface area contributed by atoms with Crippen LogP contribution in [-0.4, -0.2) is 17.1 Å². The molecule has 3 rings (SSSR count). The van der Waals surface area contributed by atoms with Crippen molar-refractivity contribution >= 4 is 50.9 Å². The number of carbonyl (C=O) groups is 2. The number of nitrogens with one attached hydrogen (secondary N) is 2. The van der Waals surface area contributed by atoms with Crippen LogP contribution in [0.25, 0.3) is 0 Å². The molecule has 23 heavy (non-hydrogen) atoms. The lowest BCUT2D eigenvalue weighted by molar-refractivity contribution is -0.123. The SMILES string of the molecule is CC(C(=O)Nc1cccc(Br)c1)C1Sc2ccccc2NC1=O. The molecule has 0 aliphatic carbocycles. The Morgan fingerprint density at radius 1 is 1.26 bits per heavy atom. The van der Waals surface area contributed by atoms with Crippen LogP contribution < -0.4 is 10.6 Å². The predicted octanol–water partition coefficient (Wildman–Crippen LogP) is 4.14. The molecule has 2 aromatic carbocycles. The minimum atomic E-state index is -0.452. The van der Waals surface area contributed by atoms with E-state index in [9.17, 15) is 9.59 Å². The van der Waals surface area contributed by atoms with Gasteiger partial charge in [-0.2, -0.15) is 0 Å². The number of carbonyl (C=O) groups excluding carboxylic acids is 2. The number of halogens is 1. The van der Waals surface area contributed by atoms with Crippen LogP contribution in [0.3, 0.4) is 0 Å². The maximum atomic E-state index is 12.5. The average molecular weight is 391 g/mol. The first kappa shape index (κ1) is 16.1. The summed E-state index contributed by atoms with van der Waals surface area (Å²) in [6, 6.07) is 15.0. The van der Waals surface area contributed by atoms with Gasteiger partial charge in [0.05, 0.1) is 16.9 Å². The fourth-order valence-electron chi connectivity index (χ4n) is 2.36. The van der Waals surface area contributed by atoms with Crippen molar-refractivity contribution in [3.63, 3.8) is 0 Å². The Kier molecular flexibility index (Phi) is 4.73. The van der Waals surface area contributed by atoms with Gasteiger partial charge in [-0.05, 0) is 30.3 Å². The van der Waals surface area contributed by atoms with E-state index in [1.165, 1.54) is 11.8 Å². The van der Waals surface area contributed by atoms with E-state index in [0.29, 0.717) is 5.69 Å². The van der Waals surface area contributed by atoms with Crippen molar-refractivity contribution in [3.8, 4) is 0 Å². The number of hydrogen-bond donors (Lipinski definition) is 2. The number of benzene rings is 2. The Bertz CT molecular complexity index is 766. The normalized spacial score (nSPS) is 17.8. The first-order chi connectivity index (χ1) is 11.0. The fraction of sp³-hybridized carbons (Fsp3) is 0.176. The molecule has 0 aromatic heterocycles. The summed E-state index contributed by atoms with van der Waals surface area (Å²) in [5, 5.41) is 5.29. The Morgan fingerprint density at radius 2 is 2.04 bits per heavy atom. The molecule has 0 spiro atoms. The molecule has 4 nitrogen and oxygen atoms in total. The van der Waals surface area contributed by atoms with Crippen molar-refractivity contribution in [3.05, 3.63) is 53.0 Å². The van der Waals surface area contributed by atoms with Crippen LogP contribution in [-0.2, 0) is 9.59 Å². The number of hydrogen-bond acceptors (Lipinski definition) is 3. The summed E-state index contributed by atoms with van der Waals surface area (Å²) in [6.45, 7) is 1.78. The molecule has 2 atom stereocenters. The topological polar surface area (TPSA) is 58.2 Å². The molecule has 1 aliphatic rings. The van der Waals surface area contributed by atoms with Crippen molar-refractivity contribution in [1.29, 1.82) is 0 Å². The van der Waals surface area contributed by atoms with Gasteiger partial charge in [0.25, 0.3) is 0 Å². The highest BCUT2D eigenvalue weighted by molar-refractivity contribution is 9.10. The van der Waals surface area contributed by atoms with Crippen LogP contribution in [0.1, 0.15) is 6.92 Å². The van der Waals surface area contributed by atoms with Gasteiger partial charge in [0.1, 0.15) is 0 Å². The third-order valence-electron chi connectivity index (χ3n) is 3.62. The molecule has 0 saturated carbocycles. The zero-order chi connectivity index (χ0) is 16.4. The minimum Gasteiger partial charge on any atom is -0.326 e. The molecular formula is C17H15BrN2O2S. The van der Waals surface area contributed by atoms with Crippen LogP contribution in [0.5, 0.6) is 0 Å². The number of rotatable bonds is 3. The van der Waals surface area contributed by atoms with Crippen LogP contribution >= 0.6 is 27.7 Å². The number of fused-ring (bicyclic) bond motifs is 1. The van der Waals surface area contributed by atoms with Crippen LogP contribution in [0.2, 0.25) is 0 Å². The maximum Gasteiger partial charge on any atom is 0.238 e. The monoisotopic (exact) mass is 390 g/mol. The van der Waals surface area contributed by atoms with Crippen molar-refractivity contribution < 1.29 is 9.59 Å². The zero-order valence-corrected chi connectivity index (χ0v) is 14.8. The van der Waals surface area contributed by atoms with Gasteiger partial charge in [-0.25, -0.2) is 0 Å². The third kappa shape index (κ3) is 3.59. The van der Waals surface area contributed by atoms with Crippen molar-refractivity contribution in [2.24, 2.45) is 5.92 Å². The summed E-state index contributed by atoms with van der Waals surface area (Å²) in [5.41, 5.74) is 1.51. The summed E-state index contributed by atoms with van der Waals surface area (Å²) in [4.78, 5) is 25.7. The minimum absolute atomic E-state index is 0.134. The van der Waals surface area contributed by atoms with E-state index in [4.69, 9.17) is 0 Å². The van der Waals surface area contributed by atoms with E-state index < -0.39 is 11.2 Å². The van der Waals surface area contributed by atoms with E-state index in [1.807, 2.05) is 48.5 Å². The molecule has 0 fully saturated rings. The molecule has 2 amide bonds. The highest BCUT2D eigenvalue weighted by atomic mass is 79.9. The summed E-state index contributed by atoms with van der Waals surface area (Å²) < 4.78 is 0.890. The lowest BCUT2D eigenvalue weighted by Crippen LogP contribution is -2.39. The Balaban J connectivity index is 1.74. The highest BCUT2D eigenvalue weighted by Gasteiger charge is 2.35. The second-order valence-corrected chi connectivity index (χ2v) is 7.41. The quantitative estimate of drug-likeness (QED) is 0.827. The number of para-hydroxylation sites is 1. The fourth-order valence-corrected chi connectivity index (χ4v) is 3.93. The molecule has 0 saturated heterocycles. The zero-order valence-electron chi connectivity index (χ0n) is 12.4. The first-order valence-corrected chi connectivity index (χ1v) is 8.85. The number of amides is 2. The van der Waals surface area contributed by atoms with E-state index in [2.05, 4.69) is 26.6 Å². The van der Waals surface area contributed by atoms with Crippen molar-refractivity contribution in [1.82, 2.24) is 0 Å². The molecule has 0 radical (unpaired) electrons. The standard InChI is InChI=1S/C17H15BrN2O2S/c1-10(16(21)19-12-6-4-5-11(18)9-12)15-17(22)20-13-7-2-3-8-14(13)23-15/h2-10,15H,1H3,(H,19,21)(H,20,22). The van der Waals surface area contributed by atoms with E-state index >= 15 is 0 Å². The molecular weight excluding hydrogens is 376 g/mol. The molecule has 1 aliphatic heterocycles. The van der Waals surface area contributed by atoms with Crippen molar-refractivity contribution in [2.45, 2.75) is 17.1 Å². The summed E-state index contributed by atoms with van der Waals surface area (Å²) in [7, 11) is 0.